The topological polar surface area (TPSA) is 123 Å². The predicted octanol–water partition coefficient (Wildman–Crippen LogP) is 2.02. The van der Waals surface area contributed by atoms with E-state index in [-0.39, 0.29) is 18.8 Å². The first-order valence-corrected chi connectivity index (χ1v) is 7.74. The van der Waals surface area contributed by atoms with Crippen LogP contribution in [0.25, 0.3) is 0 Å². The highest BCUT2D eigenvalue weighted by Gasteiger charge is 2.12. The van der Waals surface area contributed by atoms with Crippen molar-refractivity contribution in [1.82, 2.24) is 5.43 Å². The van der Waals surface area contributed by atoms with Crippen LogP contribution in [0.15, 0.2) is 39.9 Å². The minimum absolute atomic E-state index is 0.0883. The average molecular weight is 371 g/mol. The van der Waals surface area contributed by atoms with Gasteiger partial charge in [0, 0.05) is 0 Å². The van der Waals surface area contributed by atoms with Gasteiger partial charge < -0.3 is 18.6 Å². The standard InChI is InChI=1S/C18H17N3O6/c1-24-16-9-12(10-20-21-17(22)7-8-19)3-5-14(16)26-11-13-4-6-15(27-13)18(23)25-2/h3-6,9-10H,7,11H2,1-2H3,(H,21,22)/b20-10-. The number of ether oxygens (including phenoxy) is 3. The molecule has 1 amide bonds. The molecule has 2 aromatic rings. The molecule has 1 aromatic carbocycles. The summed E-state index contributed by atoms with van der Waals surface area (Å²) in [7, 11) is 2.76. The van der Waals surface area contributed by atoms with Crippen LogP contribution < -0.4 is 14.9 Å². The molecular formula is C18H17N3O6. The van der Waals surface area contributed by atoms with Crippen LogP contribution in [0.5, 0.6) is 11.5 Å². The molecule has 0 atom stereocenters. The van der Waals surface area contributed by atoms with Crippen LogP contribution in [0.4, 0.5) is 0 Å². The third-order valence-electron chi connectivity index (χ3n) is 3.25. The highest BCUT2D eigenvalue weighted by atomic mass is 16.5. The molecule has 9 heteroatoms. The summed E-state index contributed by atoms with van der Waals surface area (Å²) in [5.74, 6) is 0.382. The number of methoxy groups -OCH3 is 2. The van der Waals surface area contributed by atoms with E-state index in [0.717, 1.165) is 0 Å². The summed E-state index contributed by atoms with van der Waals surface area (Å²) in [5.41, 5.74) is 2.89. The Kier molecular flexibility index (Phi) is 6.96. The van der Waals surface area contributed by atoms with Crippen LogP contribution in [-0.4, -0.2) is 32.3 Å². The second kappa shape index (κ2) is 9.62. The Labute approximate surface area is 155 Å². The Morgan fingerprint density at radius 1 is 1.26 bits per heavy atom. The molecule has 1 N–H and O–H groups in total. The molecule has 0 saturated carbocycles. The molecule has 0 aliphatic heterocycles. The van der Waals surface area contributed by atoms with Crippen LogP contribution in [0.1, 0.15) is 28.3 Å². The molecule has 0 spiro atoms. The van der Waals surface area contributed by atoms with Crippen molar-refractivity contribution in [2.75, 3.05) is 14.2 Å². The van der Waals surface area contributed by atoms with Gasteiger partial charge in [-0.2, -0.15) is 10.4 Å². The Morgan fingerprint density at radius 2 is 2.07 bits per heavy atom. The number of benzene rings is 1. The maximum Gasteiger partial charge on any atom is 0.373 e. The Bertz CT molecular complexity index is 881. The molecule has 140 valence electrons. The third kappa shape index (κ3) is 5.61. The van der Waals surface area contributed by atoms with Crippen molar-refractivity contribution in [3.63, 3.8) is 0 Å². The number of carbonyl (C=O) groups is 2. The van der Waals surface area contributed by atoms with Gasteiger partial charge in [-0.25, -0.2) is 10.2 Å². The summed E-state index contributed by atoms with van der Waals surface area (Å²) in [6.45, 7) is 0.0883. The van der Waals surface area contributed by atoms with Gasteiger partial charge in [-0.05, 0) is 35.9 Å². The quantitative estimate of drug-likeness (QED) is 0.428. The number of nitriles is 1. The number of rotatable bonds is 8. The van der Waals surface area contributed by atoms with E-state index >= 15 is 0 Å². The van der Waals surface area contributed by atoms with Crippen molar-refractivity contribution in [1.29, 1.82) is 5.26 Å². The van der Waals surface area contributed by atoms with Crippen LogP contribution >= 0.6 is 0 Å². The SMILES string of the molecule is COC(=O)c1ccc(COc2ccc(/C=N\NC(=O)CC#N)cc2OC)o1. The molecule has 1 aromatic heterocycles. The summed E-state index contributed by atoms with van der Waals surface area (Å²) in [5, 5.41) is 12.2. The summed E-state index contributed by atoms with van der Waals surface area (Å²) in [6.07, 6.45) is 1.15. The molecule has 0 saturated heterocycles. The monoisotopic (exact) mass is 371 g/mol. The van der Waals surface area contributed by atoms with Crippen LogP contribution in [0.2, 0.25) is 0 Å². The lowest BCUT2D eigenvalue weighted by atomic mass is 10.2. The summed E-state index contributed by atoms with van der Waals surface area (Å²) < 4.78 is 20.8. The van der Waals surface area contributed by atoms with E-state index in [9.17, 15) is 9.59 Å². The highest BCUT2D eigenvalue weighted by Crippen LogP contribution is 2.28. The van der Waals surface area contributed by atoms with Gasteiger partial charge in [-0.3, -0.25) is 4.79 Å². The number of hydrogen-bond donors (Lipinski definition) is 1. The van der Waals surface area contributed by atoms with Crippen molar-refractivity contribution in [3.8, 4) is 17.6 Å². The minimum atomic E-state index is -0.565. The maximum absolute atomic E-state index is 11.4. The van der Waals surface area contributed by atoms with Gasteiger partial charge in [-0.15, -0.1) is 0 Å². The van der Waals surface area contributed by atoms with Crippen molar-refractivity contribution >= 4 is 18.1 Å². The van der Waals surface area contributed by atoms with Crippen LogP contribution in [0, 0.1) is 11.3 Å². The molecule has 27 heavy (non-hydrogen) atoms. The Hall–Kier alpha value is -3.80. The van der Waals surface area contributed by atoms with E-state index in [1.54, 1.807) is 30.3 Å². The molecule has 0 bridgehead atoms. The van der Waals surface area contributed by atoms with E-state index < -0.39 is 11.9 Å². The van der Waals surface area contributed by atoms with Crippen LogP contribution in [0.3, 0.4) is 0 Å². The largest absolute Gasteiger partial charge is 0.493 e. The first-order valence-electron chi connectivity index (χ1n) is 7.74. The molecule has 0 aliphatic carbocycles. The number of nitrogens with one attached hydrogen (secondary N) is 1. The zero-order valence-corrected chi connectivity index (χ0v) is 14.7. The van der Waals surface area contributed by atoms with E-state index in [1.807, 2.05) is 0 Å². The van der Waals surface area contributed by atoms with Crippen molar-refractivity contribution in [3.05, 3.63) is 47.4 Å². The van der Waals surface area contributed by atoms with Crippen LogP contribution in [-0.2, 0) is 16.1 Å². The van der Waals surface area contributed by atoms with Crippen molar-refractivity contribution in [2.45, 2.75) is 13.0 Å². The van der Waals surface area contributed by atoms with E-state index in [1.165, 1.54) is 26.5 Å². The van der Waals surface area contributed by atoms with Gasteiger partial charge in [0.15, 0.2) is 11.5 Å². The maximum atomic E-state index is 11.4. The first kappa shape index (κ1) is 19.5. The normalized spacial score (nSPS) is 10.3. The molecule has 0 radical (unpaired) electrons. The number of furan rings is 1. The molecular weight excluding hydrogens is 354 g/mol. The molecule has 9 nitrogen and oxygen atoms in total. The third-order valence-corrected chi connectivity index (χ3v) is 3.25. The molecule has 2 rings (SSSR count). The molecule has 0 fully saturated rings. The number of nitrogens with zero attached hydrogens (tertiary/aromatic N) is 2. The average Bonchev–Trinajstić information content (AvgIpc) is 3.15. The predicted molar refractivity (Wildman–Crippen MR) is 93.3 cm³/mol. The highest BCUT2D eigenvalue weighted by molar-refractivity contribution is 5.86. The molecule has 0 unspecified atom stereocenters. The zero-order valence-electron chi connectivity index (χ0n) is 14.7. The lowest BCUT2D eigenvalue weighted by molar-refractivity contribution is -0.120. The van der Waals surface area contributed by atoms with Crippen molar-refractivity contribution in [2.24, 2.45) is 5.10 Å². The lowest BCUT2D eigenvalue weighted by Gasteiger charge is -2.10. The summed E-state index contributed by atoms with van der Waals surface area (Å²) in [4.78, 5) is 22.5. The van der Waals surface area contributed by atoms with Gasteiger partial charge in [-0.1, -0.05) is 0 Å². The fourth-order valence-electron chi connectivity index (χ4n) is 1.99. The summed E-state index contributed by atoms with van der Waals surface area (Å²) >= 11 is 0. The number of carbonyl (C=O) groups excluding carboxylic acids is 2. The van der Waals surface area contributed by atoms with Gasteiger partial charge in [0.25, 0.3) is 5.91 Å². The fourth-order valence-corrected chi connectivity index (χ4v) is 1.99. The van der Waals surface area contributed by atoms with Crippen molar-refractivity contribution < 1.29 is 28.2 Å². The summed E-state index contributed by atoms with van der Waals surface area (Å²) in [6, 6.07) is 9.88. The number of esters is 1. The smallest absolute Gasteiger partial charge is 0.373 e. The van der Waals surface area contributed by atoms with Gasteiger partial charge >= 0.3 is 5.97 Å². The Morgan fingerprint density at radius 3 is 2.78 bits per heavy atom. The zero-order chi connectivity index (χ0) is 19.6. The molecule has 1 heterocycles. The van der Waals surface area contributed by atoms with E-state index in [2.05, 4.69) is 15.3 Å². The Balaban J connectivity index is 2.00. The van der Waals surface area contributed by atoms with Gasteiger partial charge in [0.2, 0.25) is 5.76 Å². The molecule has 0 aliphatic rings. The second-order valence-electron chi connectivity index (χ2n) is 5.08. The number of hydrogen-bond acceptors (Lipinski definition) is 8. The minimum Gasteiger partial charge on any atom is -0.493 e. The second-order valence-corrected chi connectivity index (χ2v) is 5.08. The van der Waals surface area contributed by atoms with Gasteiger partial charge in [0.05, 0.1) is 26.5 Å². The number of amides is 1. The van der Waals surface area contributed by atoms with Gasteiger partial charge in [0.1, 0.15) is 18.8 Å². The number of hydrazone groups is 1. The van der Waals surface area contributed by atoms with E-state index in [4.69, 9.17) is 19.2 Å². The first-order chi connectivity index (χ1) is 13.1. The fraction of sp³-hybridized carbons (Fsp3) is 0.222. The lowest BCUT2D eigenvalue weighted by Crippen LogP contribution is -2.16. The van der Waals surface area contributed by atoms with E-state index in [0.29, 0.717) is 22.8 Å².